The maximum Gasteiger partial charge on any atom is 0.235 e. The molecule has 3 rings (SSSR count). The minimum Gasteiger partial charge on any atom is -0.493 e. The SMILES string of the molecule is COc1cccc(C2SCC(=O)Nc3[nH]ncc32)c1OC. The minimum absolute atomic E-state index is 0.0464. The van der Waals surface area contributed by atoms with E-state index in [1.54, 1.807) is 20.4 Å². The standard InChI is InChI=1S/C14H15N3O3S/c1-19-10-5-3-4-8(12(10)20-2)13-9-6-15-17-14(9)16-11(18)7-21-13/h3-6,13H,7H2,1-2H3,(H2,15,16,17,18). The van der Waals surface area contributed by atoms with Crippen LogP contribution in [0.1, 0.15) is 16.4 Å². The highest BCUT2D eigenvalue weighted by atomic mass is 32.2. The number of benzene rings is 1. The van der Waals surface area contributed by atoms with Crippen molar-refractivity contribution in [1.82, 2.24) is 10.2 Å². The van der Waals surface area contributed by atoms with Crippen LogP contribution in [-0.4, -0.2) is 36.1 Å². The third kappa shape index (κ3) is 2.44. The Morgan fingerprint density at radius 2 is 2.14 bits per heavy atom. The molecule has 0 fully saturated rings. The van der Waals surface area contributed by atoms with Crippen molar-refractivity contribution in [2.45, 2.75) is 5.25 Å². The van der Waals surface area contributed by atoms with Gasteiger partial charge in [-0.3, -0.25) is 9.89 Å². The summed E-state index contributed by atoms with van der Waals surface area (Å²) in [6.07, 6.45) is 1.73. The van der Waals surface area contributed by atoms with Gasteiger partial charge in [0.05, 0.1) is 31.4 Å². The Bertz CT molecular complexity index is 671. The first-order valence-electron chi connectivity index (χ1n) is 6.40. The zero-order valence-electron chi connectivity index (χ0n) is 11.7. The van der Waals surface area contributed by atoms with Crippen LogP contribution in [0.15, 0.2) is 24.4 Å². The van der Waals surface area contributed by atoms with Gasteiger partial charge in [-0.05, 0) is 6.07 Å². The number of hydrogen-bond donors (Lipinski definition) is 2. The van der Waals surface area contributed by atoms with E-state index in [0.717, 1.165) is 11.1 Å². The van der Waals surface area contributed by atoms with Crippen LogP contribution in [0.4, 0.5) is 5.82 Å². The first-order valence-corrected chi connectivity index (χ1v) is 7.45. The van der Waals surface area contributed by atoms with Crippen molar-refractivity contribution >= 4 is 23.5 Å². The van der Waals surface area contributed by atoms with Crippen molar-refractivity contribution in [3.8, 4) is 11.5 Å². The second-order valence-corrected chi connectivity index (χ2v) is 5.62. The molecule has 1 aromatic carbocycles. The lowest BCUT2D eigenvalue weighted by Crippen LogP contribution is -2.12. The molecule has 2 N–H and O–H groups in total. The van der Waals surface area contributed by atoms with E-state index in [4.69, 9.17) is 9.47 Å². The molecule has 0 spiro atoms. The number of ether oxygens (including phenoxy) is 2. The molecule has 7 heteroatoms. The molecule has 1 amide bonds. The summed E-state index contributed by atoms with van der Waals surface area (Å²) in [5.41, 5.74) is 1.89. The number of aromatic nitrogens is 2. The Labute approximate surface area is 126 Å². The highest BCUT2D eigenvalue weighted by Gasteiger charge is 2.28. The summed E-state index contributed by atoms with van der Waals surface area (Å²) < 4.78 is 10.9. The molecule has 0 aliphatic carbocycles. The predicted octanol–water partition coefficient (Wildman–Crippen LogP) is 2.20. The maximum absolute atomic E-state index is 11.8. The second kappa shape index (κ2) is 5.69. The monoisotopic (exact) mass is 305 g/mol. The number of para-hydroxylation sites is 1. The van der Waals surface area contributed by atoms with E-state index in [-0.39, 0.29) is 11.2 Å². The Kier molecular flexibility index (Phi) is 3.74. The molecule has 2 aromatic rings. The molecule has 21 heavy (non-hydrogen) atoms. The van der Waals surface area contributed by atoms with E-state index in [0.29, 0.717) is 23.1 Å². The van der Waals surface area contributed by atoms with Crippen LogP contribution in [0, 0.1) is 0 Å². The summed E-state index contributed by atoms with van der Waals surface area (Å²) in [7, 11) is 3.22. The third-order valence-corrected chi connectivity index (χ3v) is 4.58. The number of H-pyrrole nitrogens is 1. The number of methoxy groups -OCH3 is 2. The number of aromatic amines is 1. The number of fused-ring (bicyclic) bond motifs is 1. The minimum atomic E-state index is -0.0530. The molecule has 1 atom stereocenters. The fourth-order valence-electron chi connectivity index (χ4n) is 2.39. The van der Waals surface area contributed by atoms with Crippen molar-refractivity contribution in [3.05, 3.63) is 35.5 Å². The lowest BCUT2D eigenvalue weighted by Gasteiger charge is -2.19. The van der Waals surface area contributed by atoms with E-state index in [1.165, 1.54) is 11.8 Å². The molecule has 1 aliphatic rings. The van der Waals surface area contributed by atoms with Crippen LogP contribution in [-0.2, 0) is 4.79 Å². The van der Waals surface area contributed by atoms with E-state index in [2.05, 4.69) is 15.5 Å². The van der Waals surface area contributed by atoms with E-state index < -0.39 is 0 Å². The van der Waals surface area contributed by atoms with Crippen LogP contribution in [0.3, 0.4) is 0 Å². The van der Waals surface area contributed by atoms with Crippen molar-refractivity contribution in [2.24, 2.45) is 0 Å². The Balaban J connectivity index is 2.11. The molecular formula is C14H15N3O3S. The van der Waals surface area contributed by atoms with Gasteiger partial charge in [-0.1, -0.05) is 12.1 Å². The topological polar surface area (TPSA) is 76.2 Å². The number of carbonyl (C=O) groups excluding carboxylic acids is 1. The van der Waals surface area contributed by atoms with Crippen molar-refractivity contribution in [2.75, 3.05) is 25.3 Å². The molecular weight excluding hydrogens is 290 g/mol. The Morgan fingerprint density at radius 3 is 2.90 bits per heavy atom. The molecule has 110 valence electrons. The lowest BCUT2D eigenvalue weighted by atomic mass is 10.0. The van der Waals surface area contributed by atoms with Crippen molar-refractivity contribution < 1.29 is 14.3 Å². The molecule has 0 saturated carbocycles. The fourth-order valence-corrected chi connectivity index (χ4v) is 3.51. The van der Waals surface area contributed by atoms with Gasteiger partial charge in [0.1, 0.15) is 5.82 Å². The van der Waals surface area contributed by atoms with Crippen LogP contribution >= 0.6 is 11.8 Å². The van der Waals surface area contributed by atoms with Gasteiger partial charge < -0.3 is 14.8 Å². The highest BCUT2D eigenvalue weighted by Crippen LogP contribution is 2.46. The lowest BCUT2D eigenvalue weighted by molar-refractivity contribution is -0.113. The molecule has 0 saturated heterocycles. The molecule has 6 nitrogen and oxygen atoms in total. The van der Waals surface area contributed by atoms with Crippen LogP contribution in [0.25, 0.3) is 0 Å². The third-order valence-electron chi connectivity index (χ3n) is 3.31. The molecule has 0 radical (unpaired) electrons. The van der Waals surface area contributed by atoms with Gasteiger partial charge in [0.15, 0.2) is 11.5 Å². The molecule has 1 aliphatic heterocycles. The second-order valence-electron chi connectivity index (χ2n) is 4.52. The number of anilines is 1. The predicted molar refractivity (Wildman–Crippen MR) is 81.1 cm³/mol. The van der Waals surface area contributed by atoms with Crippen molar-refractivity contribution in [1.29, 1.82) is 0 Å². The van der Waals surface area contributed by atoms with Gasteiger partial charge in [-0.15, -0.1) is 11.8 Å². The number of nitrogens with zero attached hydrogens (tertiary/aromatic N) is 1. The summed E-state index contributed by atoms with van der Waals surface area (Å²) >= 11 is 1.53. The Hall–Kier alpha value is -2.15. The zero-order valence-corrected chi connectivity index (χ0v) is 12.5. The summed E-state index contributed by atoms with van der Waals surface area (Å²) in [6, 6.07) is 5.74. The Morgan fingerprint density at radius 1 is 1.29 bits per heavy atom. The smallest absolute Gasteiger partial charge is 0.235 e. The highest BCUT2D eigenvalue weighted by molar-refractivity contribution is 8.00. The number of thioether (sulfide) groups is 1. The first-order chi connectivity index (χ1) is 10.2. The normalized spacial score (nSPS) is 17.6. The van der Waals surface area contributed by atoms with Crippen molar-refractivity contribution in [3.63, 3.8) is 0 Å². The number of carbonyl (C=O) groups is 1. The molecule has 1 aromatic heterocycles. The van der Waals surface area contributed by atoms with Gasteiger partial charge >= 0.3 is 0 Å². The van der Waals surface area contributed by atoms with Crippen LogP contribution in [0.2, 0.25) is 0 Å². The van der Waals surface area contributed by atoms with Gasteiger partial charge in [-0.25, -0.2) is 0 Å². The molecule has 0 bridgehead atoms. The number of amides is 1. The maximum atomic E-state index is 11.8. The summed E-state index contributed by atoms with van der Waals surface area (Å²) in [4.78, 5) is 11.8. The van der Waals surface area contributed by atoms with Gasteiger partial charge in [0.25, 0.3) is 0 Å². The first kappa shape index (κ1) is 13.8. The largest absolute Gasteiger partial charge is 0.493 e. The molecule has 2 heterocycles. The summed E-state index contributed by atoms with van der Waals surface area (Å²) in [6.45, 7) is 0. The summed E-state index contributed by atoms with van der Waals surface area (Å²) in [5, 5.41) is 9.62. The summed E-state index contributed by atoms with van der Waals surface area (Å²) in [5.74, 6) is 2.31. The fraction of sp³-hybridized carbons (Fsp3) is 0.286. The van der Waals surface area contributed by atoms with E-state index >= 15 is 0 Å². The number of nitrogens with one attached hydrogen (secondary N) is 2. The van der Waals surface area contributed by atoms with Gasteiger partial charge in [0.2, 0.25) is 5.91 Å². The molecule has 1 unspecified atom stereocenters. The van der Waals surface area contributed by atoms with E-state index in [9.17, 15) is 4.79 Å². The average Bonchev–Trinajstić information content (AvgIpc) is 2.89. The quantitative estimate of drug-likeness (QED) is 0.909. The van der Waals surface area contributed by atoms with Gasteiger partial charge in [-0.2, -0.15) is 5.10 Å². The zero-order chi connectivity index (χ0) is 14.8. The van der Waals surface area contributed by atoms with Crippen LogP contribution < -0.4 is 14.8 Å². The average molecular weight is 305 g/mol. The number of rotatable bonds is 3. The van der Waals surface area contributed by atoms with Gasteiger partial charge in [0, 0.05) is 11.1 Å². The van der Waals surface area contributed by atoms with Crippen LogP contribution in [0.5, 0.6) is 11.5 Å². The number of hydrogen-bond acceptors (Lipinski definition) is 5. The van der Waals surface area contributed by atoms with E-state index in [1.807, 2.05) is 18.2 Å².